The van der Waals surface area contributed by atoms with Crippen molar-refractivity contribution in [3.05, 3.63) is 4.91 Å². The summed E-state index contributed by atoms with van der Waals surface area (Å²) in [6.45, 7) is 4.13. The molecule has 0 aromatic rings. The number of hydrogen-bond donors (Lipinski definition) is 0. The molecule has 1 saturated carbocycles. The van der Waals surface area contributed by atoms with Crippen LogP contribution in [0.4, 0.5) is 0 Å². The number of unbranched alkanes of at least 4 members (excludes halogenated alkanes) is 1. The van der Waals surface area contributed by atoms with E-state index in [2.05, 4.69) is 12.1 Å². The highest BCUT2D eigenvalue weighted by Gasteiger charge is 2.51. The van der Waals surface area contributed by atoms with Crippen molar-refractivity contribution in [3.63, 3.8) is 0 Å². The van der Waals surface area contributed by atoms with E-state index >= 15 is 0 Å². The predicted molar refractivity (Wildman–Crippen MR) is 41.8 cm³/mol. The third-order valence-corrected chi connectivity index (χ3v) is 2.49. The van der Waals surface area contributed by atoms with Crippen molar-refractivity contribution < 1.29 is 0 Å². The van der Waals surface area contributed by atoms with Gasteiger partial charge in [0.05, 0.1) is 0 Å². The van der Waals surface area contributed by atoms with E-state index < -0.39 is 0 Å². The summed E-state index contributed by atoms with van der Waals surface area (Å²) in [7, 11) is 0. The normalized spacial score (nSPS) is 37.6. The van der Waals surface area contributed by atoms with Crippen LogP contribution in [0.25, 0.3) is 0 Å². The maximum atomic E-state index is 10.2. The van der Waals surface area contributed by atoms with Gasteiger partial charge in [-0.05, 0) is 25.7 Å². The Hall–Kier alpha value is -0.400. The highest BCUT2D eigenvalue weighted by Crippen LogP contribution is 2.49. The molecule has 2 nitrogen and oxygen atoms in total. The fraction of sp³-hybridized carbons (Fsp3) is 1.00. The van der Waals surface area contributed by atoms with E-state index in [1.54, 1.807) is 0 Å². The van der Waals surface area contributed by atoms with Crippen LogP contribution in [-0.2, 0) is 0 Å². The molecule has 0 aromatic heterocycles. The van der Waals surface area contributed by atoms with Crippen molar-refractivity contribution in [2.24, 2.45) is 11.1 Å². The van der Waals surface area contributed by atoms with Gasteiger partial charge in [-0.25, -0.2) is 0 Å². The Kier molecular flexibility index (Phi) is 2.07. The van der Waals surface area contributed by atoms with E-state index in [0.717, 1.165) is 6.42 Å². The average molecular weight is 141 g/mol. The lowest BCUT2D eigenvalue weighted by Crippen LogP contribution is -1.99. The molecule has 10 heavy (non-hydrogen) atoms. The van der Waals surface area contributed by atoms with Crippen molar-refractivity contribution in [1.29, 1.82) is 0 Å². The predicted octanol–water partition coefficient (Wildman–Crippen LogP) is 2.72. The standard InChI is InChI=1S/C8H15NO/c1-3-4-5-7-6-8(7,2)9-10/h7H,3-6H2,1-2H3. The lowest BCUT2D eigenvalue weighted by molar-refractivity contribution is 0.574. The number of rotatable bonds is 4. The minimum Gasteiger partial charge on any atom is -0.150 e. The van der Waals surface area contributed by atoms with Crippen molar-refractivity contribution in [3.8, 4) is 0 Å². The molecule has 0 heterocycles. The third kappa shape index (κ3) is 1.36. The summed E-state index contributed by atoms with van der Waals surface area (Å²) in [4.78, 5) is 10.2. The topological polar surface area (TPSA) is 29.4 Å². The molecule has 1 rings (SSSR count). The molecule has 0 saturated heterocycles. The maximum Gasteiger partial charge on any atom is 0.103 e. The fourth-order valence-corrected chi connectivity index (χ4v) is 1.42. The van der Waals surface area contributed by atoms with Gasteiger partial charge in [-0.15, -0.1) is 0 Å². The Bertz CT molecular complexity index is 135. The smallest absolute Gasteiger partial charge is 0.103 e. The van der Waals surface area contributed by atoms with Crippen LogP contribution in [-0.4, -0.2) is 5.54 Å². The van der Waals surface area contributed by atoms with Crippen LogP contribution < -0.4 is 0 Å². The second kappa shape index (κ2) is 2.69. The van der Waals surface area contributed by atoms with E-state index in [0.29, 0.717) is 5.92 Å². The van der Waals surface area contributed by atoms with Crippen LogP contribution in [0.2, 0.25) is 0 Å². The van der Waals surface area contributed by atoms with Gasteiger partial charge in [0.15, 0.2) is 0 Å². The summed E-state index contributed by atoms with van der Waals surface area (Å²) in [5, 5.41) is 3.12. The van der Waals surface area contributed by atoms with Gasteiger partial charge in [-0.2, -0.15) is 4.91 Å². The summed E-state index contributed by atoms with van der Waals surface area (Å²) >= 11 is 0. The minimum atomic E-state index is -0.171. The third-order valence-electron chi connectivity index (χ3n) is 2.49. The summed E-state index contributed by atoms with van der Waals surface area (Å²) in [5.41, 5.74) is -0.171. The molecule has 0 aliphatic heterocycles. The molecule has 0 spiro atoms. The Balaban J connectivity index is 2.18. The van der Waals surface area contributed by atoms with Gasteiger partial charge in [0.2, 0.25) is 0 Å². The van der Waals surface area contributed by atoms with Gasteiger partial charge in [0.1, 0.15) is 5.54 Å². The zero-order valence-electron chi connectivity index (χ0n) is 6.76. The molecule has 58 valence electrons. The van der Waals surface area contributed by atoms with Crippen LogP contribution in [0.15, 0.2) is 5.18 Å². The molecule has 0 bridgehead atoms. The van der Waals surface area contributed by atoms with Gasteiger partial charge in [-0.1, -0.05) is 24.9 Å². The first-order valence-corrected chi connectivity index (χ1v) is 4.07. The summed E-state index contributed by atoms with van der Waals surface area (Å²) < 4.78 is 0. The van der Waals surface area contributed by atoms with E-state index in [1.807, 2.05) is 6.92 Å². The summed E-state index contributed by atoms with van der Waals surface area (Å²) in [6, 6.07) is 0. The van der Waals surface area contributed by atoms with E-state index in [4.69, 9.17) is 0 Å². The molecule has 2 unspecified atom stereocenters. The lowest BCUT2D eigenvalue weighted by atomic mass is 10.1. The van der Waals surface area contributed by atoms with Crippen LogP contribution in [0.5, 0.6) is 0 Å². The average Bonchev–Trinajstić information content (AvgIpc) is 2.59. The second-order valence-corrected chi connectivity index (χ2v) is 3.49. The monoisotopic (exact) mass is 141 g/mol. The first kappa shape index (κ1) is 7.70. The molecule has 0 amide bonds. The molecule has 1 aliphatic rings. The SMILES string of the molecule is CCCCC1CC1(C)N=O. The molecular weight excluding hydrogens is 126 g/mol. The number of hydrogen-bond acceptors (Lipinski definition) is 2. The van der Waals surface area contributed by atoms with Crippen LogP contribution in [0.1, 0.15) is 39.5 Å². The number of nitroso groups, excluding NO2 is 1. The van der Waals surface area contributed by atoms with Crippen LogP contribution in [0.3, 0.4) is 0 Å². The fourth-order valence-electron chi connectivity index (χ4n) is 1.42. The number of nitrogens with zero attached hydrogens (tertiary/aromatic N) is 1. The van der Waals surface area contributed by atoms with Gasteiger partial charge in [-0.3, -0.25) is 0 Å². The van der Waals surface area contributed by atoms with Gasteiger partial charge >= 0.3 is 0 Å². The van der Waals surface area contributed by atoms with Crippen molar-refractivity contribution in [2.45, 2.75) is 45.1 Å². The molecular formula is C8H15NO. The van der Waals surface area contributed by atoms with E-state index in [9.17, 15) is 4.91 Å². The summed E-state index contributed by atoms with van der Waals surface area (Å²) in [5.74, 6) is 0.602. The first-order chi connectivity index (χ1) is 4.73. The zero-order chi connectivity index (χ0) is 7.61. The molecule has 0 aromatic carbocycles. The van der Waals surface area contributed by atoms with Gasteiger partial charge in [0.25, 0.3) is 0 Å². The van der Waals surface area contributed by atoms with Crippen molar-refractivity contribution in [1.82, 2.24) is 0 Å². The largest absolute Gasteiger partial charge is 0.150 e. The van der Waals surface area contributed by atoms with Crippen LogP contribution >= 0.6 is 0 Å². The Morgan fingerprint density at radius 3 is 2.80 bits per heavy atom. The van der Waals surface area contributed by atoms with E-state index in [1.165, 1.54) is 19.3 Å². The molecule has 1 fully saturated rings. The second-order valence-electron chi connectivity index (χ2n) is 3.49. The molecule has 2 heteroatoms. The Morgan fingerprint density at radius 2 is 2.40 bits per heavy atom. The lowest BCUT2D eigenvalue weighted by Gasteiger charge is -1.97. The van der Waals surface area contributed by atoms with Gasteiger partial charge < -0.3 is 0 Å². The highest BCUT2D eigenvalue weighted by molar-refractivity contribution is 5.06. The summed E-state index contributed by atoms with van der Waals surface area (Å²) in [6.07, 6.45) is 4.69. The molecule has 0 N–H and O–H groups in total. The van der Waals surface area contributed by atoms with Gasteiger partial charge in [0, 0.05) is 0 Å². The minimum absolute atomic E-state index is 0.171. The molecule has 0 radical (unpaired) electrons. The molecule has 1 aliphatic carbocycles. The van der Waals surface area contributed by atoms with Crippen molar-refractivity contribution >= 4 is 0 Å². The Labute approximate surface area is 62.0 Å². The maximum absolute atomic E-state index is 10.2. The quantitative estimate of drug-likeness (QED) is 0.553. The van der Waals surface area contributed by atoms with E-state index in [-0.39, 0.29) is 5.54 Å². The van der Waals surface area contributed by atoms with Crippen LogP contribution in [0, 0.1) is 10.8 Å². The Morgan fingerprint density at radius 1 is 1.70 bits per heavy atom. The highest BCUT2D eigenvalue weighted by atomic mass is 16.3. The first-order valence-electron chi connectivity index (χ1n) is 4.07. The molecule has 2 atom stereocenters. The van der Waals surface area contributed by atoms with Crippen molar-refractivity contribution in [2.75, 3.05) is 0 Å². The zero-order valence-corrected chi connectivity index (χ0v) is 6.76.